The van der Waals surface area contributed by atoms with Crippen molar-refractivity contribution in [3.05, 3.63) is 83.4 Å². The van der Waals surface area contributed by atoms with E-state index in [-0.39, 0.29) is 6.10 Å². The Balaban J connectivity index is 1.92. The van der Waals surface area contributed by atoms with Gasteiger partial charge in [-0.1, -0.05) is 48.0 Å². The Hall–Kier alpha value is -2.98. The molecule has 0 spiro atoms. The van der Waals surface area contributed by atoms with Crippen molar-refractivity contribution in [3.8, 4) is 17.2 Å². The van der Waals surface area contributed by atoms with Crippen LogP contribution in [-0.4, -0.2) is 12.5 Å². The summed E-state index contributed by atoms with van der Waals surface area (Å²) in [6, 6.07) is 22.3. The Labute approximate surface area is 170 Å². The zero-order valence-electron chi connectivity index (χ0n) is 15.8. The number of ether oxygens (including phenoxy) is 2. The van der Waals surface area contributed by atoms with E-state index >= 15 is 0 Å². The summed E-state index contributed by atoms with van der Waals surface area (Å²) in [5, 5.41) is 0.532. The van der Waals surface area contributed by atoms with Crippen LogP contribution in [0.5, 0.6) is 17.2 Å². The summed E-state index contributed by atoms with van der Waals surface area (Å²) >= 11 is 6.17. The van der Waals surface area contributed by atoms with E-state index in [1.165, 1.54) is 0 Å². The van der Waals surface area contributed by atoms with E-state index in [0.29, 0.717) is 28.8 Å². The molecule has 0 fully saturated rings. The Morgan fingerprint density at radius 1 is 0.964 bits per heavy atom. The van der Waals surface area contributed by atoms with Crippen LogP contribution < -0.4 is 14.4 Å². The minimum atomic E-state index is 0.0401. The molecule has 4 nitrogen and oxygen atoms in total. The number of nitrogens with zero attached hydrogens (tertiary/aromatic N) is 1. The SMILES string of the molecule is CC(C)Oc1ccccc1CN(C=O)c1ccc(Cl)cc1Oc1ccccc1. The molecule has 0 saturated carbocycles. The van der Waals surface area contributed by atoms with Gasteiger partial charge in [-0.2, -0.15) is 0 Å². The standard InChI is InChI=1S/C23H22ClNO3/c1-17(2)27-22-11-7-6-8-18(22)15-25(16-26)21-13-12-19(24)14-23(21)28-20-9-4-3-5-10-20/h3-14,16-17H,15H2,1-2H3. The quantitative estimate of drug-likeness (QED) is 0.433. The summed E-state index contributed by atoms with van der Waals surface area (Å²) in [6.45, 7) is 4.29. The van der Waals surface area contributed by atoms with Crippen molar-refractivity contribution in [3.63, 3.8) is 0 Å². The molecule has 1 amide bonds. The summed E-state index contributed by atoms with van der Waals surface area (Å²) in [5.41, 5.74) is 1.53. The number of halogens is 1. The minimum Gasteiger partial charge on any atom is -0.491 e. The molecule has 0 aliphatic rings. The number of hydrogen-bond donors (Lipinski definition) is 0. The highest BCUT2D eigenvalue weighted by molar-refractivity contribution is 6.30. The van der Waals surface area contributed by atoms with Crippen LogP contribution in [0.3, 0.4) is 0 Å². The first kappa shape index (κ1) is 19.8. The predicted molar refractivity (Wildman–Crippen MR) is 112 cm³/mol. The third kappa shape index (κ3) is 5.05. The molecule has 0 aliphatic heterocycles. The molecule has 0 aliphatic carbocycles. The predicted octanol–water partition coefficient (Wildman–Crippen LogP) is 6.08. The maximum absolute atomic E-state index is 11.9. The highest BCUT2D eigenvalue weighted by atomic mass is 35.5. The van der Waals surface area contributed by atoms with Gasteiger partial charge < -0.3 is 14.4 Å². The van der Waals surface area contributed by atoms with Gasteiger partial charge >= 0.3 is 0 Å². The van der Waals surface area contributed by atoms with Crippen molar-refractivity contribution in [2.45, 2.75) is 26.5 Å². The molecule has 0 radical (unpaired) electrons. The molecular weight excluding hydrogens is 374 g/mol. The average Bonchev–Trinajstić information content (AvgIpc) is 2.68. The zero-order chi connectivity index (χ0) is 19.9. The number of carbonyl (C=O) groups excluding carboxylic acids is 1. The minimum absolute atomic E-state index is 0.0401. The van der Waals surface area contributed by atoms with Gasteiger partial charge in [0.2, 0.25) is 6.41 Å². The maximum Gasteiger partial charge on any atom is 0.214 e. The summed E-state index contributed by atoms with van der Waals surface area (Å²) in [7, 11) is 0. The van der Waals surface area contributed by atoms with E-state index in [9.17, 15) is 4.79 Å². The molecule has 0 bridgehead atoms. The van der Waals surface area contributed by atoms with Gasteiger partial charge in [0, 0.05) is 16.7 Å². The van der Waals surface area contributed by atoms with Gasteiger partial charge in [0.15, 0.2) is 5.75 Å². The first-order chi connectivity index (χ1) is 13.6. The fourth-order valence-corrected chi connectivity index (χ4v) is 2.95. The van der Waals surface area contributed by atoms with Gasteiger partial charge in [-0.15, -0.1) is 0 Å². The Morgan fingerprint density at radius 2 is 1.68 bits per heavy atom. The molecule has 0 heterocycles. The molecule has 0 N–H and O–H groups in total. The van der Waals surface area contributed by atoms with Crippen molar-refractivity contribution < 1.29 is 14.3 Å². The second-order valence-corrected chi connectivity index (χ2v) is 6.97. The van der Waals surface area contributed by atoms with E-state index < -0.39 is 0 Å². The van der Waals surface area contributed by atoms with Crippen LogP contribution in [0.25, 0.3) is 0 Å². The van der Waals surface area contributed by atoms with E-state index in [2.05, 4.69) is 0 Å². The summed E-state index contributed by atoms with van der Waals surface area (Å²) < 4.78 is 11.9. The fraction of sp³-hybridized carbons (Fsp3) is 0.174. The Bertz CT molecular complexity index is 928. The summed E-state index contributed by atoms with van der Waals surface area (Å²) in [5.74, 6) is 1.93. The highest BCUT2D eigenvalue weighted by Crippen LogP contribution is 2.35. The van der Waals surface area contributed by atoms with Crippen molar-refractivity contribution in [1.29, 1.82) is 0 Å². The average molecular weight is 396 g/mol. The van der Waals surface area contributed by atoms with Crippen molar-refractivity contribution in [2.24, 2.45) is 0 Å². The molecule has 5 heteroatoms. The third-order valence-electron chi connectivity index (χ3n) is 4.01. The lowest BCUT2D eigenvalue weighted by Gasteiger charge is -2.23. The van der Waals surface area contributed by atoms with Crippen LogP contribution in [0.15, 0.2) is 72.8 Å². The molecule has 3 aromatic rings. The topological polar surface area (TPSA) is 38.8 Å². The number of anilines is 1. The van der Waals surface area contributed by atoms with Crippen LogP contribution in [0.1, 0.15) is 19.4 Å². The summed E-state index contributed by atoms with van der Waals surface area (Å²) in [6.07, 6.45) is 0.825. The first-order valence-electron chi connectivity index (χ1n) is 9.06. The van der Waals surface area contributed by atoms with Gasteiger partial charge in [-0.05, 0) is 44.2 Å². The molecule has 0 aromatic heterocycles. The molecular formula is C23H22ClNO3. The van der Waals surface area contributed by atoms with Gasteiger partial charge in [-0.25, -0.2) is 0 Å². The first-order valence-corrected chi connectivity index (χ1v) is 9.43. The lowest BCUT2D eigenvalue weighted by atomic mass is 10.1. The number of hydrogen-bond acceptors (Lipinski definition) is 3. The largest absolute Gasteiger partial charge is 0.491 e. The Kier molecular flexibility index (Phi) is 6.56. The van der Waals surface area contributed by atoms with Crippen LogP contribution >= 0.6 is 11.6 Å². The zero-order valence-corrected chi connectivity index (χ0v) is 16.6. The smallest absolute Gasteiger partial charge is 0.214 e. The van der Waals surface area contributed by atoms with Crippen LogP contribution in [0, 0.1) is 0 Å². The number of carbonyl (C=O) groups is 1. The van der Waals surface area contributed by atoms with Gasteiger partial charge in [0.25, 0.3) is 0 Å². The second-order valence-electron chi connectivity index (χ2n) is 6.53. The molecule has 0 saturated heterocycles. The van der Waals surface area contributed by atoms with E-state index in [1.54, 1.807) is 23.1 Å². The Morgan fingerprint density at radius 3 is 2.39 bits per heavy atom. The lowest BCUT2D eigenvalue weighted by Crippen LogP contribution is -2.22. The molecule has 0 unspecified atom stereocenters. The summed E-state index contributed by atoms with van der Waals surface area (Å²) in [4.78, 5) is 13.5. The number of amides is 1. The highest BCUT2D eigenvalue weighted by Gasteiger charge is 2.16. The molecule has 3 rings (SSSR count). The monoisotopic (exact) mass is 395 g/mol. The van der Waals surface area contributed by atoms with E-state index in [4.69, 9.17) is 21.1 Å². The van der Waals surface area contributed by atoms with E-state index in [1.807, 2.05) is 68.4 Å². The molecule has 3 aromatic carbocycles. The number of para-hydroxylation sites is 2. The maximum atomic E-state index is 11.9. The van der Waals surface area contributed by atoms with Crippen molar-refractivity contribution in [2.75, 3.05) is 4.90 Å². The second kappa shape index (κ2) is 9.29. The number of rotatable bonds is 8. The lowest BCUT2D eigenvalue weighted by molar-refractivity contribution is -0.107. The van der Waals surface area contributed by atoms with Gasteiger partial charge in [0.1, 0.15) is 11.5 Å². The molecule has 0 atom stereocenters. The molecule has 144 valence electrons. The third-order valence-corrected chi connectivity index (χ3v) is 4.24. The van der Waals surface area contributed by atoms with Gasteiger partial charge in [-0.3, -0.25) is 4.79 Å². The number of benzene rings is 3. The van der Waals surface area contributed by atoms with Crippen molar-refractivity contribution >= 4 is 23.7 Å². The fourth-order valence-electron chi connectivity index (χ4n) is 2.79. The van der Waals surface area contributed by atoms with Crippen LogP contribution in [-0.2, 0) is 11.3 Å². The van der Waals surface area contributed by atoms with Crippen LogP contribution in [0.4, 0.5) is 5.69 Å². The van der Waals surface area contributed by atoms with Crippen LogP contribution in [0.2, 0.25) is 5.02 Å². The normalized spacial score (nSPS) is 10.6. The van der Waals surface area contributed by atoms with Crippen molar-refractivity contribution in [1.82, 2.24) is 0 Å². The van der Waals surface area contributed by atoms with E-state index in [0.717, 1.165) is 17.7 Å². The molecule has 28 heavy (non-hydrogen) atoms. The van der Waals surface area contributed by atoms with Gasteiger partial charge in [0.05, 0.1) is 18.3 Å².